The van der Waals surface area contributed by atoms with E-state index in [9.17, 15) is 0 Å². The molecular weight excluding hydrogens is 148 g/mol. The summed E-state index contributed by atoms with van der Waals surface area (Å²) in [6, 6.07) is 1.53. The SMILES string of the molecule is [SiH3]CCC1CCCCCCC1. The number of rotatable bonds is 2. The van der Waals surface area contributed by atoms with Gasteiger partial charge in [0.05, 0.1) is 0 Å². The molecule has 0 unspecified atom stereocenters. The third kappa shape index (κ3) is 3.95. The van der Waals surface area contributed by atoms with Crippen LogP contribution in [-0.2, 0) is 0 Å². The van der Waals surface area contributed by atoms with Gasteiger partial charge in [0.1, 0.15) is 0 Å². The summed E-state index contributed by atoms with van der Waals surface area (Å²) in [5, 5.41) is 0. The minimum absolute atomic E-state index is 1.12. The largest absolute Gasteiger partial charge is 0.0656 e. The molecule has 1 rings (SSSR count). The third-order valence-corrected chi connectivity index (χ3v) is 3.50. The second-order valence-corrected chi connectivity index (χ2v) is 5.00. The molecule has 0 aliphatic heterocycles. The van der Waals surface area contributed by atoms with Crippen molar-refractivity contribution >= 4 is 10.2 Å². The predicted octanol–water partition coefficient (Wildman–Crippen LogP) is 2.52. The van der Waals surface area contributed by atoms with Gasteiger partial charge in [0.2, 0.25) is 0 Å². The van der Waals surface area contributed by atoms with E-state index >= 15 is 0 Å². The molecule has 1 fully saturated rings. The molecule has 0 N–H and O–H groups in total. The van der Waals surface area contributed by atoms with Crippen molar-refractivity contribution in [2.24, 2.45) is 5.92 Å². The first-order valence-electron chi connectivity index (χ1n) is 5.43. The average molecular weight is 170 g/mol. The fourth-order valence-electron chi connectivity index (χ4n) is 2.24. The van der Waals surface area contributed by atoms with Gasteiger partial charge in [-0.15, -0.1) is 0 Å². The van der Waals surface area contributed by atoms with Crippen molar-refractivity contribution in [2.75, 3.05) is 0 Å². The van der Waals surface area contributed by atoms with Gasteiger partial charge in [0.25, 0.3) is 0 Å². The van der Waals surface area contributed by atoms with Crippen molar-refractivity contribution in [3.05, 3.63) is 0 Å². The standard InChI is InChI=1S/C10H22Si/c11-9-8-10-6-4-2-1-3-5-7-10/h10H,1-9H2,11H3. The maximum atomic E-state index is 1.55. The Bertz CT molecular complexity index is 82.9. The second kappa shape index (κ2) is 5.82. The summed E-state index contributed by atoms with van der Waals surface area (Å²) in [5.74, 6) is 1.12. The third-order valence-electron chi connectivity index (χ3n) is 2.92. The normalized spacial score (nSPS) is 22.9. The molecular formula is C10H22Si. The van der Waals surface area contributed by atoms with Crippen molar-refractivity contribution in [1.82, 2.24) is 0 Å². The lowest BCUT2D eigenvalue weighted by Gasteiger charge is -2.18. The molecule has 0 heterocycles. The zero-order valence-electron chi connectivity index (χ0n) is 7.94. The van der Waals surface area contributed by atoms with Crippen LogP contribution in [0.5, 0.6) is 0 Å². The molecule has 1 aliphatic carbocycles. The topological polar surface area (TPSA) is 0 Å². The minimum atomic E-state index is 1.12. The highest BCUT2D eigenvalue weighted by atomic mass is 28.1. The van der Waals surface area contributed by atoms with Crippen LogP contribution in [0.1, 0.15) is 51.4 Å². The predicted molar refractivity (Wildman–Crippen MR) is 55.2 cm³/mol. The molecule has 0 aromatic carbocycles. The van der Waals surface area contributed by atoms with E-state index in [4.69, 9.17) is 0 Å². The fourth-order valence-corrected chi connectivity index (χ4v) is 3.05. The first-order valence-corrected chi connectivity index (χ1v) is 6.85. The van der Waals surface area contributed by atoms with Crippen LogP contribution in [-0.4, -0.2) is 10.2 Å². The molecule has 0 radical (unpaired) electrons. The van der Waals surface area contributed by atoms with Gasteiger partial charge in [-0.05, 0) is 5.92 Å². The summed E-state index contributed by atoms with van der Waals surface area (Å²) in [7, 11) is 1.42. The molecule has 0 bridgehead atoms. The van der Waals surface area contributed by atoms with Crippen molar-refractivity contribution in [3.8, 4) is 0 Å². The maximum Gasteiger partial charge on any atom is 0.00281 e. The molecule has 0 aromatic rings. The summed E-state index contributed by atoms with van der Waals surface area (Å²) < 4.78 is 0. The van der Waals surface area contributed by atoms with E-state index < -0.39 is 0 Å². The quantitative estimate of drug-likeness (QED) is 0.559. The minimum Gasteiger partial charge on any atom is -0.0656 e. The first kappa shape index (κ1) is 9.31. The molecule has 11 heavy (non-hydrogen) atoms. The Morgan fingerprint density at radius 2 is 1.45 bits per heavy atom. The smallest absolute Gasteiger partial charge is 0.00281 e. The molecule has 1 aliphatic rings. The van der Waals surface area contributed by atoms with Gasteiger partial charge in [-0.1, -0.05) is 57.4 Å². The lowest BCUT2D eigenvalue weighted by atomic mass is 9.89. The van der Waals surface area contributed by atoms with E-state index in [0.717, 1.165) is 5.92 Å². The number of hydrogen-bond donors (Lipinski definition) is 0. The van der Waals surface area contributed by atoms with Gasteiger partial charge >= 0.3 is 0 Å². The lowest BCUT2D eigenvalue weighted by molar-refractivity contribution is 0.369. The summed E-state index contributed by atoms with van der Waals surface area (Å²) in [6.45, 7) is 0. The highest BCUT2D eigenvalue weighted by molar-refractivity contribution is 6.08. The van der Waals surface area contributed by atoms with E-state index in [2.05, 4.69) is 0 Å². The van der Waals surface area contributed by atoms with Gasteiger partial charge < -0.3 is 0 Å². The van der Waals surface area contributed by atoms with Crippen LogP contribution in [0.15, 0.2) is 0 Å². The Kier molecular flexibility index (Phi) is 4.92. The summed E-state index contributed by atoms with van der Waals surface area (Å²) in [6.07, 6.45) is 12.2. The second-order valence-electron chi connectivity index (χ2n) is 4.00. The Morgan fingerprint density at radius 1 is 0.909 bits per heavy atom. The van der Waals surface area contributed by atoms with Crippen LogP contribution in [0.3, 0.4) is 0 Å². The van der Waals surface area contributed by atoms with E-state index in [1.54, 1.807) is 19.3 Å². The molecule has 1 heteroatoms. The molecule has 66 valence electrons. The first-order chi connectivity index (χ1) is 5.43. The molecule has 0 amide bonds. The Labute approximate surface area is 74.2 Å². The Balaban J connectivity index is 2.15. The summed E-state index contributed by atoms with van der Waals surface area (Å²) in [5.41, 5.74) is 0. The van der Waals surface area contributed by atoms with Gasteiger partial charge in [-0.25, -0.2) is 0 Å². The van der Waals surface area contributed by atoms with Gasteiger partial charge in [-0.2, -0.15) is 0 Å². The van der Waals surface area contributed by atoms with E-state index in [0.29, 0.717) is 0 Å². The molecule has 0 aromatic heterocycles. The molecule has 0 atom stereocenters. The summed E-state index contributed by atoms with van der Waals surface area (Å²) in [4.78, 5) is 0. The van der Waals surface area contributed by atoms with Crippen LogP contribution in [0.4, 0.5) is 0 Å². The van der Waals surface area contributed by atoms with Crippen LogP contribution >= 0.6 is 0 Å². The molecule has 0 spiro atoms. The van der Waals surface area contributed by atoms with Crippen molar-refractivity contribution in [2.45, 2.75) is 57.4 Å². The van der Waals surface area contributed by atoms with Crippen LogP contribution in [0.25, 0.3) is 0 Å². The van der Waals surface area contributed by atoms with Crippen LogP contribution < -0.4 is 0 Å². The zero-order valence-corrected chi connectivity index (χ0v) is 9.94. The van der Waals surface area contributed by atoms with Crippen molar-refractivity contribution in [1.29, 1.82) is 0 Å². The Hall–Kier alpha value is 0.217. The monoisotopic (exact) mass is 170 g/mol. The van der Waals surface area contributed by atoms with E-state index in [-0.39, 0.29) is 0 Å². The van der Waals surface area contributed by atoms with Gasteiger partial charge in [0.15, 0.2) is 0 Å². The highest BCUT2D eigenvalue weighted by Gasteiger charge is 2.09. The lowest BCUT2D eigenvalue weighted by Crippen LogP contribution is -2.03. The Morgan fingerprint density at radius 3 is 2.00 bits per heavy atom. The average Bonchev–Trinajstić information content (AvgIpc) is 1.94. The van der Waals surface area contributed by atoms with E-state index in [1.165, 1.54) is 48.4 Å². The van der Waals surface area contributed by atoms with Gasteiger partial charge in [-0.3, -0.25) is 0 Å². The molecule has 0 saturated heterocycles. The highest BCUT2D eigenvalue weighted by Crippen LogP contribution is 2.25. The molecule has 0 nitrogen and oxygen atoms in total. The summed E-state index contributed by atoms with van der Waals surface area (Å²) >= 11 is 0. The fraction of sp³-hybridized carbons (Fsp3) is 1.00. The maximum absolute atomic E-state index is 1.55. The zero-order chi connectivity index (χ0) is 7.94. The van der Waals surface area contributed by atoms with Crippen LogP contribution in [0.2, 0.25) is 6.04 Å². The van der Waals surface area contributed by atoms with Crippen molar-refractivity contribution in [3.63, 3.8) is 0 Å². The number of hydrogen-bond acceptors (Lipinski definition) is 0. The van der Waals surface area contributed by atoms with Crippen LogP contribution in [0, 0.1) is 5.92 Å². The molecule has 1 saturated carbocycles. The van der Waals surface area contributed by atoms with E-state index in [1.807, 2.05) is 0 Å². The van der Waals surface area contributed by atoms with Crippen molar-refractivity contribution < 1.29 is 0 Å². The van der Waals surface area contributed by atoms with Gasteiger partial charge in [0, 0.05) is 10.2 Å².